The van der Waals surface area contributed by atoms with Crippen molar-refractivity contribution in [3.05, 3.63) is 35.4 Å². The fraction of sp³-hybridized carbons (Fsp3) is 0.429. The zero-order valence-corrected chi connectivity index (χ0v) is 17.1. The number of nitrogens with zero attached hydrogens (tertiary/aromatic N) is 4. The van der Waals surface area contributed by atoms with E-state index in [4.69, 9.17) is 25.7 Å². The van der Waals surface area contributed by atoms with Crippen molar-refractivity contribution >= 4 is 28.3 Å². The Morgan fingerprint density at radius 3 is 2.69 bits per heavy atom. The second-order valence-electron chi connectivity index (χ2n) is 7.66. The SMILES string of the molecule is COc1ccc(-c2cc(N3CC(CN4CCOCC4)C3)c3nonc3c2)cc1Cl. The third-order valence-electron chi connectivity index (χ3n) is 5.74. The van der Waals surface area contributed by atoms with E-state index in [0.29, 0.717) is 16.7 Å². The maximum absolute atomic E-state index is 6.33. The Balaban J connectivity index is 1.38. The summed E-state index contributed by atoms with van der Waals surface area (Å²) in [6, 6.07) is 9.93. The molecule has 0 unspecified atom stereocenters. The molecule has 0 radical (unpaired) electrons. The molecule has 0 spiro atoms. The molecule has 2 aromatic carbocycles. The van der Waals surface area contributed by atoms with Gasteiger partial charge in [0.2, 0.25) is 0 Å². The second kappa shape index (κ2) is 7.82. The van der Waals surface area contributed by atoms with Crippen LogP contribution in [0.2, 0.25) is 5.02 Å². The van der Waals surface area contributed by atoms with Crippen molar-refractivity contribution in [2.24, 2.45) is 5.92 Å². The summed E-state index contributed by atoms with van der Waals surface area (Å²) in [6.45, 7) is 6.87. The van der Waals surface area contributed by atoms with Gasteiger partial charge in [0, 0.05) is 38.6 Å². The molecule has 0 saturated carbocycles. The maximum atomic E-state index is 6.33. The molecule has 2 aliphatic rings. The lowest BCUT2D eigenvalue weighted by molar-refractivity contribution is 0.0286. The van der Waals surface area contributed by atoms with Gasteiger partial charge in [0.1, 0.15) is 11.3 Å². The van der Waals surface area contributed by atoms with Crippen molar-refractivity contribution in [1.82, 2.24) is 15.2 Å². The van der Waals surface area contributed by atoms with Gasteiger partial charge in [-0.05, 0) is 45.7 Å². The predicted octanol–water partition coefficient (Wildman–Crippen LogP) is 3.32. The van der Waals surface area contributed by atoms with Crippen LogP contribution in [0.3, 0.4) is 0 Å². The largest absolute Gasteiger partial charge is 0.495 e. The predicted molar refractivity (Wildman–Crippen MR) is 112 cm³/mol. The molecule has 5 rings (SSSR count). The van der Waals surface area contributed by atoms with Crippen LogP contribution in [-0.4, -0.2) is 68.3 Å². The van der Waals surface area contributed by atoms with Crippen molar-refractivity contribution in [3.63, 3.8) is 0 Å². The molecular formula is C21H23ClN4O3. The minimum Gasteiger partial charge on any atom is -0.495 e. The molecule has 3 aromatic rings. The third kappa shape index (κ3) is 3.66. The number of ether oxygens (including phenoxy) is 2. The Morgan fingerprint density at radius 1 is 1.10 bits per heavy atom. The van der Waals surface area contributed by atoms with E-state index in [-0.39, 0.29) is 0 Å². The zero-order chi connectivity index (χ0) is 19.8. The van der Waals surface area contributed by atoms with Crippen LogP contribution in [0.25, 0.3) is 22.2 Å². The Morgan fingerprint density at radius 2 is 1.93 bits per heavy atom. The van der Waals surface area contributed by atoms with E-state index < -0.39 is 0 Å². The summed E-state index contributed by atoms with van der Waals surface area (Å²) in [5, 5.41) is 8.81. The van der Waals surface area contributed by atoms with E-state index >= 15 is 0 Å². The van der Waals surface area contributed by atoms with E-state index in [0.717, 1.165) is 73.8 Å². The molecule has 0 amide bonds. The van der Waals surface area contributed by atoms with Gasteiger partial charge in [0.05, 0.1) is 31.0 Å². The first-order chi connectivity index (χ1) is 14.2. The number of halogens is 1. The lowest BCUT2D eigenvalue weighted by atomic mass is 9.96. The van der Waals surface area contributed by atoms with Crippen molar-refractivity contribution in [3.8, 4) is 16.9 Å². The van der Waals surface area contributed by atoms with E-state index in [2.05, 4.69) is 26.2 Å². The number of anilines is 1. The van der Waals surface area contributed by atoms with Gasteiger partial charge in [-0.15, -0.1) is 0 Å². The second-order valence-corrected chi connectivity index (χ2v) is 8.07. The number of morpholine rings is 1. The summed E-state index contributed by atoms with van der Waals surface area (Å²) in [5.74, 6) is 1.32. The molecule has 1 aromatic heterocycles. The summed E-state index contributed by atoms with van der Waals surface area (Å²) in [7, 11) is 1.61. The lowest BCUT2D eigenvalue weighted by Crippen LogP contribution is -2.53. The molecule has 2 saturated heterocycles. The smallest absolute Gasteiger partial charge is 0.158 e. The minimum atomic E-state index is 0.583. The molecule has 3 heterocycles. The third-order valence-corrected chi connectivity index (χ3v) is 6.04. The Labute approximate surface area is 174 Å². The average molecular weight is 415 g/mol. The van der Waals surface area contributed by atoms with E-state index in [9.17, 15) is 0 Å². The number of rotatable bonds is 5. The first-order valence-corrected chi connectivity index (χ1v) is 10.2. The summed E-state index contributed by atoms with van der Waals surface area (Å²) < 4.78 is 15.7. The lowest BCUT2D eigenvalue weighted by Gasteiger charge is -2.43. The monoisotopic (exact) mass is 414 g/mol. The molecule has 29 heavy (non-hydrogen) atoms. The fourth-order valence-electron chi connectivity index (χ4n) is 4.16. The summed E-state index contributed by atoms with van der Waals surface area (Å²) >= 11 is 6.33. The van der Waals surface area contributed by atoms with Crippen LogP contribution >= 0.6 is 11.6 Å². The number of hydrogen-bond donors (Lipinski definition) is 0. The topological polar surface area (TPSA) is 63.9 Å². The van der Waals surface area contributed by atoms with Crippen molar-refractivity contribution in [2.75, 3.05) is 57.9 Å². The molecule has 0 bridgehead atoms. The van der Waals surface area contributed by atoms with Crippen LogP contribution in [0.5, 0.6) is 5.75 Å². The van der Waals surface area contributed by atoms with Crippen molar-refractivity contribution in [1.29, 1.82) is 0 Å². The standard InChI is InChI=1S/C21H23ClN4O3/c1-27-20-3-2-15(8-17(20)22)16-9-18-21(24-29-23-18)19(10-16)26-12-14(13-26)11-25-4-6-28-7-5-25/h2-3,8-10,14H,4-7,11-13H2,1H3. The zero-order valence-electron chi connectivity index (χ0n) is 16.3. The van der Waals surface area contributed by atoms with Crippen LogP contribution in [0.4, 0.5) is 5.69 Å². The van der Waals surface area contributed by atoms with E-state index in [1.165, 1.54) is 0 Å². The highest BCUT2D eigenvalue weighted by molar-refractivity contribution is 6.32. The van der Waals surface area contributed by atoms with Gasteiger partial charge in [0.25, 0.3) is 0 Å². The Bertz CT molecular complexity index is 1010. The van der Waals surface area contributed by atoms with Gasteiger partial charge in [0.15, 0.2) is 5.52 Å². The Hall–Kier alpha value is -2.35. The van der Waals surface area contributed by atoms with Gasteiger partial charge in [-0.25, -0.2) is 4.63 Å². The number of fused-ring (bicyclic) bond motifs is 1. The fourth-order valence-corrected chi connectivity index (χ4v) is 4.41. The summed E-state index contributed by atoms with van der Waals surface area (Å²) in [6.07, 6.45) is 0. The molecule has 7 nitrogen and oxygen atoms in total. The van der Waals surface area contributed by atoms with Crippen LogP contribution in [0.15, 0.2) is 35.0 Å². The number of aromatic nitrogens is 2. The van der Waals surface area contributed by atoms with Crippen LogP contribution in [0.1, 0.15) is 0 Å². The van der Waals surface area contributed by atoms with Gasteiger partial charge < -0.3 is 14.4 Å². The summed E-state index contributed by atoms with van der Waals surface area (Å²) in [5.41, 5.74) is 4.65. The van der Waals surface area contributed by atoms with Crippen LogP contribution in [-0.2, 0) is 4.74 Å². The molecule has 2 aliphatic heterocycles. The average Bonchev–Trinajstić information content (AvgIpc) is 3.19. The van der Waals surface area contributed by atoms with Gasteiger partial charge in [-0.3, -0.25) is 4.90 Å². The molecule has 0 atom stereocenters. The molecule has 8 heteroatoms. The first kappa shape index (κ1) is 18.7. The van der Waals surface area contributed by atoms with Crippen molar-refractivity contribution in [2.45, 2.75) is 0 Å². The van der Waals surface area contributed by atoms with Gasteiger partial charge >= 0.3 is 0 Å². The minimum absolute atomic E-state index is 0.583. The number of benzene rings is 2. The molecule has 0 aliphatic carbocycles. The summed E-state index contributed by atoms with van der Waals surface area (Å²) in [4.78, 5) is 4.85. The highest BCUT2D eigenvalue weighted by Crippen LogP contribution is 2.37. The molecule has 152 valence electrons. The highest BCUT2D eigenvalue weighted by atomic mass is 35.5. The van der Waals surface area contributed by atoms with Crippen LogP contribution < -0.4 is 9.64 Å². The van der Waals surface area contributed by atoms with Gasteiger partial charge in [-0.2, -0.15) is 0 Å². The molecular weight excluding hydrogens is 392 g/mol. The quantitative estimate of drug-likeness (QED) is 0.634. The Kier molecular flexibility index (Phi) is 5.03. The number of methoxy groups -OCH3 is 1. The normalized spacial score (nSPS) is 18.2. The van der Waals surface area contributed by atoms with E-state index in [1.54, 1.807) is 7.11 Å². The first-order valence-electron chi connectivity index (χ1n) is 9.86. The highest BCUT2D eigenvalue weighted by Gasteiger charge is 2.31. The van der Waals surface area contributed by atoms with E-state index in [1.807, 2.05) is 24.3 Å². The molecule has 2 fully saturated rings. The van der Waals surface area contributed by atoms with Gasteiger partial charge in [-0.1, -0.05) is 17.7 Å². The maximum Gasteiger partial charge on any atom is 0.158 e. The number of hydrogen-bond acceptors (Lipinski definition) is 7. The van der Waals surface area contributed by atoms with Crippen molar-refractivity contribution < 1.29 is 14.1 Å². The van der Waals surface area contributed by atoms with Crippen LogP contribution in [0, 0.1) is 5.92 Å². The molecule has 0 N–H and O–H groups in total.